The van der Waals surface area contributed by atoms with E-state index in [4.69, 9.17) is 4.74 Å². The minimum Gasteiger partial charge on any atom is -0.504 e. The molecule has 2 aromatic carbocycles. The summed E-state index contributed by atoms with van der Waals surface area (Å²) in [5.74, 6) is -3.71. The molecule has 148 valence electrons. The Hall–Kier alpha value is -3.68. The van der Waals surface area contributed by atoms with E-state index in [2.05, 4.69) is 0 Å². The maximum absolute atomic E-state index is 12.2. The summed E-state index contributed by atoms with van der Waals surface area (Å²) in [5, 5.41) is 47.3. The Bertz CT molecular complexity index is 918. The second-order valence-electron chi connectivity index (χ2n) is 6.16. The van der Waals surface area contributed by atoms with Crippen LogP contribution in [-0.4, -0.2) is 43.1 Å². The molecule has 0 aromatic heterocycles. The highest BCUT2D eigenvalue weighted by Gasteiger charge is 2.41. The molecule has 1 atom stereocenters. The van der Waals surface area contributed by atoms with E-state index in [0.29, 0.717) is 11.1 Å². The van der Waals surface area contributed by atoms with Gasteiger partial charge in [-0.25, -0.2) is 9.59 Å². The molecule has 2 aromatic rings. The molecule has 8 nitrogen and oxygen atoms in total. The van der Waals surface area contributed by atoms with E-state index >= 15 is 0 Å². The molecule has 0 unspecified atom stereocenters. The molecule has 0 saturated heterocycles. The van der Waals surface area contributed by atoms with Crippen molar-refractivity contribution in [1.29, 1.82) is 0 Å². The fraction of sp³-hybridized carbons (Fsp3) is 0.200. The first kappa shape index (κ1) is 20.6. The van der Waals surface area contributed by atoms with Crippen LogP contribution >= 0.6 is 0 Å². The van der Waals surface area contributed by atoms with E-state index < -0.39 is 23.3 Å². The third kappa shape index (κ3) is 4.73. The summed E-state index contributed by atoms with van der Waals surface area (Å²) in [5.41, 5.74) is -1.12. The Morgan fingerprint density at radius 2 is 1.57 bits per heavy atom. The number of ether oxygens (including phenoxy) is 1. The van der Waals surface area contributed by atoms with Gasteiger partial charge in [0.15, 0.2) is 23.0 Å². The molecule has 5 N–H and O–H groups in total. The number of phenols is 4. The highest BCUT2D eigenvalue weighted by molar-refractivity contribution is 5.90. The SMILES string of the molecule is CC[C@](Cc1ccc(O)c(O)c1)(OC(=O)/C=C/c1ccc(O)c(O)c1)C(=O)O. The quantitative estimate of drug-likeness (QED) is 0.276. The predicted octanol–water partition coefficient (Wildman–Crippen LogP) is 2.54. The minimum absolute atomic E-state index is 0.0381. The van der Waals surface area contributed by atoms with Crippen molar-refractivity contribution in [2.24, 2.45) is 0 Å². The number of aromatic hydroxyl groups is 4. The van der Waals surface area contributed by atoms with E-state index in [1.54, 1.807) is 6.92 Å². The van der Waals surface area contributed by atoms with Gasteiger partial charge in [0.05, 0.1) is 0 Å². The Morgan fingerprint density at radius 3 is 2.11 bits per heavy atom. The van der Waals surface area contributed by atoms with Gasteiger partial charge in [-0.3, -0.25) is 0 Å². The monoisotopic (exact) mass is 388 g/mol. The first-order valence-electron chi connectivity index (χ1n) is 8.34. The van der Waals surface area contributed by atoms with E-state index in [9.17, 15) is 35.1 Å². The summed E-state index contributed by atoms with van der Waals surface area (Å²) in [6.45, 7) is 1.55. The Labute approximate surface area is 160 Å². The summed E-state index contributed by atoms with van der Waals surface area (Å²) < 4.78 is 5.22. The fourth-order valence-electron chi connectivity index (χ4n) is 2.55. The molecular formula is C20H20O8. The second-order valence-corrected chi connectivity index (χ2v) is 6.16. The molecule has 0 radical (unpaired) electrons. The van der Waals surface area contributed by atoms with Gasteiger partial charge in [0, 0.05) is 12.5 Å². The summed E-state index contributed by atoms with van der Waals surface area (Å²) in [4.78, 5) is 24.0. The molecule has 28 heavy (non-hydrogen) atoms. The maximum atomic E-state index is 12.2. The average Bonchev–Trinajstić information content (AvgIpc) is 2.65. The van der Waals surface area contributed by atoms with Crippen molar-refractivity contribution < 1.29 is 39.9 Å². The lowest BCUT2D eigenvalue weighted by Gasteiger charge is -2.27. The first-order valence-corrected chi connectivity index (χ1v) is 8.34. The van der Waals surface area contributed by atoms with Crippen LogP contribution in [0.2, 0.25) is 0 Å². The molecule has 0 aliphatic heterocycles. The molecule has 0 aliphatic rings. The van der Waals surface area contributed by atoms with Crippen LogP contribution in [0, 0.1) is 0 Å². The predicted molar refractivity (Wildman–Crippen MR) is 99.0 cm³/mol. The van der Waals surface area contributed by atoms with Gasteiger partial charge in [0.25, 0.3) is 0 Å². The van der Waals surface area contributed by atoms with Crippen molar-refractivity contribution >= 4 is 18.0 Å². The van der Waals surface area contributed by atoms with Crippen molar-refractivity contribution in [3.63, 3.8) is 0 Å². The molecule has 0 heterocycles. The van der Waals surface area contributed by atoms with E-state index in [1.165, 1.54) is 42.5 Å². The number of rotatable bonds is 7. The van der Waals surface area contributed by atoms with E-state index in [1.807, 2.05) is 0 Å². The lowest BCUT2D eigenvalue weighted by molar-refractivity contribution is -0.175. The van der Waals surface area contributed by atoms with Crippen LogP contribution < -0.4 is 0 Å². The number of carboxylic acids is 1. The van der Waals surface area contributed by atoms with E-state index in [-0.39, 0.29) is 30.1 Å². The number of carbonyl (C=O) groups excluding carboxylic acids is 1. The lowest BCUT2D eigenvalue weighted by atomic mass is 9.91. The van der Waals surface area contributed by atoms with Gasteiger partial charge >= 0.3 is 11.9 Å². The van der Waals surface area contributed by atoms with Gasteiger partial charge in [0.1, 0.15) is 0 Å². The van der Waals surface area contributed by atoms with Crippen molar-refractivity contribution in [2.45, 2.75) is 25.4 Å². The normalized spacial score (nSPS) is 13.2. The third-order valence-electron chi connectivity index (χ3n) is 4.20. The minimum atomic E-state index is -1.87. The molecule has 0 bridgehead atoms. The second kappa shape index (κ2) is 8.34. The number of phenolic OH excluding ortho intramolecular Hbond substituents is 4. The zero-order chi connectivity index (χ0) is 20.9. The van der Waals surface area contributed by atoms with Gasteiger partial charge in [0.2, 0.25) is 5.60 Å². The van der Waals surface area contributed by atoms with Gasteiger partial charge in [-0.1, -0.05) is 19.1 Å². The molecule has 0 amide bonds. The standard InChI is InChI=1S/C20H20O8/c1-2-20(19(26)27,11-13-4-7-15(22)17(24)10-13)28-18(25)8-5-12-3-6-14(21)16(23)9-12/h3-10,21-24H,2,11H2,1H3,(H,26,27)/b8-5+/t20-/m1/s1. The van der Waals surface area contributed by atoms with Gasteiger partial charge in [-0.2, -0.15) is 0 Å². The molecule has 8 heteroatoms. The van der Waals surface area contributed by atoms with Crippen LogP contribution in [0.4, 0.5) is 0 Å². The zero-order valence-electron chi connectivity index (χ0n) is 15.0. The molecule has 0 spiro atoms. The molecular weight excluding hydrogens is 368 g/mol. The van der Waals surface area contributed by atoms with Crippen molar-refractivity contribution in [3.8, 4) is 23.0 Å². The number of carbonyl (C=O) groups is 2. The average molecular weight is 388 g/mol. The first-order chi connectivity index (χ1) is 13.2. The number of hydrogen-bond donors (Lipinski definition) is 5. The molecule has 0 aliphatic carbocycles. The Balaban J connectivity index is 2.21. The Morgan fingerprint density at radius 1 is 0.964 bits per heavy atom. The summed E-state index contributed by atoms with van der Waals surface area (Å²) in [7, 11) is 0. The van der Waals surface area contributed by atoms with E-state index in [0.717, 1.165) is 6.08 Å². The van der Waals surface area contributed by atoms with Crippen LogP contribution in [0.15, 0.2) is 42.5 Å². The highest BCUT2D eigenvalue weighted by atomic mass is 16.6. The lowest BCUT2D eigenvalue weighted by Crippen LogP contribution is -2.44. The number of carboxylic acid groups (broad SMARTS) is 1. The fourth-order valence-corrected chi connectivity index (χ4v) is 2.55. The smallest absolute Gasteiger partial charge is 0.348 e. The summed E-state index contributed by atoms with van der Waals surface area (Å²) in [6, 6.07) is 7.75. The third-order valence-corrected chi connectivity index (χ3v) is 4.20. The number of esters is 1. The Kier molecular flexibility index (Phi) is 6.15. The summed E-state index contributed by atoms with van der Waals surface area (Å²) in [6.07, 6.45) is 2.05. The van der Waals surface area contributed by atoms with Crippen molar-refractivity contribution in [1.82, 2.24) is 0 Å². The van der Waals surface area contributed by atoms with Gasteiger partial charge in [-0.15, -0.1) is 0 Å². The van der Waals surface area contributed by atoms with Gasteiger partial charge in [-0.05, 0) is 47.9 Å². The largest absolute Gasteiger partial charge is 0.504 e. The van der Waals surface area contributed by atoms with Crippen LogP contribution in [0.25, 0.3) is 6.08 Å². The van der Waals surface area contributed by atoms with Crippen molar-refractivity contribution in [2.75, 3.05) is 0 Å². The van der Waals surface area contributed by atoms with Crippen molar-refractivity contribution in [3.05, 3.63) is 53.6 Å². The van der Waals surface area contributed by atoms with Crippen LogP contribution in [0.1, 0.15) is 24.5 Å². The van der Waals surface area contributed by atoms with Crippen LogP contribution in [0.3, 0.4) is 0 Å². The van der Waals surface area contributed by atoms with Crippen LogP contribution in [0.5, 0.6) is 23.0 Å². The highest BCUT2D eigenvalue weighted by Crippen LogP contribution is 2.30. The number of aliphatic carboxylic acids is 1. The number of benzene rings is 2. The summed E-state index contributed by atoms with van der Waals surface area (Å²) >= 11 is 0. The maximum Gasteiger partial charge on any atom is 0.348 e. The molecule has 2 rings (SSSR count). The van der Waals surface area contributed by atoms with Gasteiger partial charge < -0.3 is 30.3 Å². The topological polar surface area (TPSA) is 145 Å². The molecule has 0 saturated carbocycles. The zero-order valence-corrected chi connectivity index (χ0v) is 15.0. The van der Waals surface area contributed by atoms with Crippen LogP contribution in [-0.2, 0) is 20.7 Å². The molecule has 0 fully saturated rings. The number of hydrogen-bond acceptors (Lipinski definition) is 7.